The van der Waals surface area contributed by atoms with E-state index >= 15 is 0 Å². The Kier molecular flexibility index (Phi) is 2.55. The summed E-state index contributed by atoms with van der Waals surface area (Å²) < 4.78 is 5.29. The Morgan fingerprint density at radius 2 is 1.84 bits per heavy atom. The van der Waals surface area contributed by atoms with Crippen LogP contribution in [0.2, 0.25) is 0 Å². The average Bonchev–Trinajstić information content (AvgIpc) is 2.83. The van der Waals surface area contributed by atoms with Crippen LogP contribution in [0.3, 0.4) is 0 Å². The van der Waals surface area contributed by atoms with E-state index in [0.717, 1.165) is 22.4 Å². The van der Waals surface area contributed by atoms with Gasteiger partial charge in [0.05, 0.1) is 29.0 Å². The van der Waals surface area contributed by atoms with Crippen molar-refractivity contribution in [2.45, 2.75) is 13.5 Å². The summed E-state index contributed by atoms with van der Waals surface area (Å²) in [4.78, 5) is 12.3. The zero-order valence-electron chi connectivity index (χ0n) is 11.3. The molecule has 98 valence electrons. The van der Waals surface area contributed by atoms with Crippen LogP contribution in [0.25, 0.3) is 11.0 Å². The quantitative estimate of drug-likeness (QED) is 0.696. The lowest BCUT2D eigenvalue weighted by molar-refractivity contribution is 0.650. The van der Waals surface area contributed by atoms with Crippen molar-refractivity contribution < 1.29 is 0 Å². The first-order valence-electron chi connectivity index (χ1n) is 6.21. The maximum absolute atomic E-state index is 12.3. The van der Waals surface area contributed by atoms with E-state index in [9.17, 15) is 4.79 Å². The maximum Gasteiger partial charge on any atom is 0.329 e. The SMILES string of the molecule is Cc1cc(Cn2c(=O)n(C)c3ccccc32)n(C)n1. The lowest BCUT2D eigenvalue weighted by Crippen LogP contribution is -2.23. The van der Waals surface area contributed by atoms with Gasteiger partial charge in [-0.3, -0.25) is 13.8 Å². The van der Waals surface area contributed by atoms with E-state index in [0.29, 0.717) is 6.54 Å². The van der Waals surface area contributed by atoms with Crippen molar-refractivity contribution in [1.29, 1.82) is 0 Å². The number of imidazole rings is 1. The third-order valence-corrected chi connectivity index (χ3v) is 3.47. The molecule has 5 nitrogen and oxygen atoms in total. The molecule has 2 heterocycles. The second kappa shape index (κ2) is 4.12. The summed E-state index contributed by atoms with van der Waals surface area (Å²) in [6.07, 6.45) is 0. The molecular formula is C14H16N4O. The first-order valence-corrected chi connectivity index (χ1v) is 6.21. The Morgan fingerprint density at radius 1 is 1.16 bits per heavy atom. The summed E-state index contributed by atoms with van der Waals surface area (Å²) >= 11 is 0. The van der Waals surface area contributed by atoms with Gasteiger partial charge in [0.15, 0.2) is 0 Å². The van der Waals surface area contributed by atoms with Crippen molar-refractivity contribution in [3.63, 3.8) is 0 Å². The fraction of sp³-hybridized carbons (Fsp3) is 0.286. The van der Waals surface area contributed by atoms with Gasteiger partial charge in [0.2, 0.25) is 0 Å². The van der Waals surface area contributed by atoms with Crippen LogP contribution in [0.5, 0.6) is 0 Å². The minimum atomic E-state index is 0.0000491. The largest absolute Gasteiger partial charge is 0.329 e. The molecule has 19 heavy (non-hydrogen) atoms. The second-order valence-corrected chi connectivity index (χ2v) is 4.82. The van der Waals surface area contributed by atoms with Crippen molar-refractivity contribution in [3.05, 3.63) is 52.2 Å². The lowest BCUT2D eigenvalue weighted by Gasteiger charge is -2.03. The molecule has 0 radical (unpaired) electrons. The fourth-order valence-electron chi connectivity index (χ4n) is 2.49. The topological polar surface area (TPSA) is 44.8 Å². The highest BCUT2D eigenvalue weighted by molar-refractivity contribution is 5.75. The van der Waals surface area contributed by atoms with Crippen molar-refractivity contribution >= 4 is 11.0 Å². The highest BCUT2D eigenvalue weighted by atomic mass is 16.1. The Hall–Kier alpha value is -2.30. The van der Waals surface area contributed by atoms with Gasteiger partial charge in [-0.05, 0) is 25.1 Å². The maximum atomic E-state index is 12.3. The number of rotatable bonds is 2. The van der Waals surface area contributed by atoms with Gasteiger partial charge in [-0.2, -0.15) is 5.10 Å². The van der Waals surface area contributed by atoms with E-state index in [4.69, 9.17) is 0 Å². The van der Waals surface area contributed by atoms with Crippen LogP contribution in [-0.4, -0.2) is 18.9 Å². The summed E-state index contributed by atoms with van der Waals surface area (Å²) in [5.74, 6) is 0. The van der Waals surface area contributed by atoms with Gasteiger partial charge in [-0.1, -0.05) is 12.1 Å². The predicted octanol–water partition coefficient (Wildman–Crippen LogP) is 1.43. The Bertz CT molecular complexity index is 807. The first-order chi connectivity index (χ1) is 9.08. The Morgan fingerprint density at radius 3 is 2.47 bits per heavy atom. The molecule has 0 amide bonds. The summed E-state index contributed by atoms with van der Waals surface area (Å²) in [6, 6.07) is 9.84. The average molecular weight is 256 g/mol. The number of benzene rings is 1. The summed E-state index contributed by atoms with van der Waals surface area (Å²) in [5, 5.41) is 4.32. The number of para-hydroxylation sites is 2. The van der Waals surface area contributed by atoms with Crippen LogP contribution in [-0.2, 0) is 20.6 Å². The van der Waals surface area contributed by atoms with Crippen LogP contribution in [0.1, 0.15) is 11.4 Å². The molecule has 0 N–H and O–H groups in total. The monoisotopic (exact) mass is 256 g/mol. The number of nitrogens with zero attached hydrogens (tertiary/aromatic N) is 4. The van der Waals surface area contributed by atoms with Crippen LogP contribution >= 0.6 is 0 Å². The third-order valence-electron chi connectivity index (χ3n) is 3.47. The first kappa shape index (κ1) is 11.8. The summed E-state index contributed by atoms with van der Waals surface area (Å²) in [7, 11) is 3.70. The molecule has 0 bridgehead atoms. The minimum Gasteiger partial charge on any atom is -0.295 e. The van der Waals surface area contributed by atoms with E-state index in [1.165, 1.54) is 0 Å². The molecular weight excluding hydrogens is 240 g/mol. The van der Waals surface area contributed by atoms with Crippen molar-refractivity contribution in [1.82, 2.24) is 18.9 Å². The molecule has 0 fully saturated rings. The minimum absolute atomic E-state index is 0.0000491. The van der Waals surface area contributed by atoms with Crippen molar-refractivity contribution in [2.75, 3.05) is 0 Å². The normalized spacial score (nSPS) is 11.3. The molecule has 0 saturated carbocycles. The van der Waals surface area contributed by atoms with E-state index in [2.05, 4.69) is 5.10 Å². The van der Waals surface area contributed by atoms with E-state index < -0.39 is 0 Å². The molecule has 0 aliphatic carbocycles. The van der Waals surface area contributed by atoms with Gasteiger partial charge in [0.1, 0.15) is 0 Å². The molecule has 0 aliphatic heterocycles. The third kappa shape index (κ3) is 1.78. The van der Waals surface area contributed by atoms with Crippen LogP contribution in [0, 0.1) is 6.92 Å². The van der Waals surface area contributed by atoms with E-state index in [1.807, 2.05) is 49.0 Å². The molecule has 3 aromatic rings. The number of hydrogen-bond acceptors (Lipinski definition) is 2. The standard InChI is InChI=1S/C14H16N4O/c1-10-8-11(17(3)15-10)9-18-13-7-5-4-6-12(13)16(2)14(18)19/h4-8H,9H2,1-3H3. The number of fused-ring (bicyclic) bond motifs is 1. The lowest BCUT2D eigenvalue weighted by atomic mass is 10.3. The van der Waals surface area contributed by atoms with E-state index in [1.54, 1.807) is 16.2 Å². The molecule has 0 unspecified atom stereocenters. The number of aryl methyl sites for hydroxylation is 3. The Labute approximate surface area is 110 Å². The molecule has 0 atom stereocenters. The van der Waals surface area contributed by atoms with E-state index in [-0.39, 0.29) is 5.69 Å². The number of hydrogen-bond donors (Lipinski definition) is 0. The predicted molar refractivity (Wildman–Crippen MR) is 74.2 cm³/mol. The van der Waals surface area contributed by atoms with Gasteiger partial charge in [0, 0.05) is 14.1 Å². The van der Waals surface area contributed by atoms with Gasteiger partial charge in [-0.15, -0.1) is 0 Å². The molecule has 2 aromatic heterocycles. The zero-order valence-corrected chi connectivity index (χ0v) is 11.3. The molecule has 1 aromatic carbocycles. The van der Waals surface area contributed by atoms with Crippen LogP contribution < -0.4 is 5.69 Å². The van der Waals surface area contributed by atoms with Crippen molar-refractivity contribution in [2.24, 2.45) is 14.1 Å². The molecule has 0 spiro atoms. The zero-order chi connectivity index (χ0) is 13.6. The number of aromatic nitrogens is 4. The highest BCUT2D eigenvalue weighted by Gasteiger charge is 2.12. The summed E-state index contributed by atoms with van der Waals surface area (Å²) in [6.45, 7) is 2.49. The highest BCUT2D eigenvalue weighted by Crippen LogP contribution is 2.13. The van der Waals surface area contributed by atoms with Gasteiger partial charge in [0.25, 0.3) is 0 Å². The van der Waals surface area contributed by atoms with Gasteiger partial charge >= 0.3 is 5.69 Å². The molecule has 0 saturated heterocycles. The van der Waals surface area contributed by atoms with Crippen molar-refractivity contribution in [3.8, 4) is 0 Å². The molecule has 5 heteroatoms. The summed E-state index contributed by atoms with van der Waals surface area (Å²) in [5.41, 5.74) is 3.89. The van der Waals surface area contributed by atoms with Gasteiger partial charge in [-0.25, -0.2) is 4.79 Å². The second-order valence-electron chi connectivity index (χ2n) is 4.82. The smallest absolute Gasteiger partial charge is 0.295 e. The fourth-order valence-corrected chi connectivity index (χ4v) is 2.49. The molecule has 0 aliphatic rings. The van der Waals surface area contributed by atoms with Crippen LogP contribution in [0.15, 0.2) is 35.1 Å². The van der Waals surface area contributed by atoms with Crippen LogP contribution in [0.4, 0.5) is 0 Å². The van der Waals surface area contributed by atoms with Gasteiger partial charge < -0.3 is 0 Å². The Balaban J connectivity index is 2.18. The molecule has 3 rings (SSSR count).